The summed E-state index contributed by atoms with van der Waals surface area (Å²) in [5.74, 6) is 0.106. The van der Waals surface area contributed by atoms with Crippen molar-refractivity contribution >= 4 is 5.91 Å². The predicted octanol–water partition coefficient (Wildman–Crippen LogP) is 1.96. The molecule has 1 aliphatic rings. The molecule has 0 atom stereocenters. The highest BCUT2D eigenvalue weighted by atomic mass is 16.2. The van der Waals surface area contributed by atoms with Crippen LogP contribution in [0.15, 0.2) is 24.5 Å². The zero-order chi connectivity index (χ0) is 14.4. The number of carbonyl (C=O) groups excluding carboxylic acids is 1. The van der Waals surface area contributed by atoms with E-state index in [0.29, 0.717) is 6.54 Å². The van der Waals surface area contributed by atoms with Crippen LogP contribution in [0, 0.1) is 0 Å². The lowest BCUT2D eigenvalue weighted by atomic mass is 9.69. The van der Waals surface area contributed by atoms with Gasteiger partial charge in [0.2, 0.25) is 5.91 Å². The lowest BCUT2D eigenvalue weighted by molar-refractivity contribution is -0.122. The molecule has 0 bridgehead atoms. The first kappa shape index (κ1) is 15.0. The van der Waals surface area contributed by atoms with E-state index in [4.69, 9.17) is 0 Å². The molecule has 1 fully saturated rings. The molecule has 0 aromatic carbocycles. The van der Waals surface area contributed by atoms with Crippen LogP contribution in [0.2, 0.25) is 0 Å². The maximum Gasteiger partial charge on any atom is 0.234 e. The smallest absolute Gasteiger partial charge is 0.234 e. The van der Waals surface area contributed by atoms with E-state index in [0.717, 1.165) is 19.4 Å². The van der Waals surface area contributed by atoms with Crippen LogP contribution in [0.25, 0.3) is 0 Å². The first-order valence-corrected chi connectivity index (χ1v) is 7.44. The van der Waals surface area contributed by atoms with Gasteiger partial charge >= 0.3 is 0 Å². The summed E-state index contributed by atoms with van der Waals surface area (Å²) in [4.78, 5) is 17.9. The number of amides is 1. The molecule has 110 valence electrons. The van der Waals surface area contributed by atoms with Crippen molar-refractivity contribution in [3.05, 3.63) is 30.1 Å². The Morgan fingerprint density at radius 2 is 1.90 bits per heavy atom. The lowest BCUT2D eigenvalue weighted by Crippen LogP contribution is -2.44. The summed E-state index contributed by atoms with van der Waals surface area (Å²) in [6.45, 7) is 1.19. The molecule has 1 amide bonds. The van der Waals surface area contributed by atoms with Crippen LogP contribution in [-0.2, 0) is 10.2 Å². The molecule has 20 heavy (non-hydrogen) atoms. The third-order valence-electron chi connectivity index (χ3n) is 4.19. The molecule has 1 aromatic rings. The van der Waals surface area contributed by atoms with Crippen molar-refractivity contribution in [1.82, 2.24) is 15.2 Å². The van der Waals surface area contributed by atoms with E-state index in [9.17, 15) is 4.79 Å². The second kappa shape index (κ2) is 6.84. The van der Waals surface area contributed by atoms with Gasteiger partial charge in [0.05, 0.1) is 6.54 Å². The van der Waals surface area contributed by atoms with Crippen LogP contribution >= 0.6 is 0 Å². The minimum absolute atomic E-state index is 0.100. The summed E-state index contributed by atoms with van der Waals surface area (Å²) >= 11 is 0. The summed E-state index contributed by atoms with van der Waals surface area (Å²) in [5, 5.41) is 3.12. The largest absolute Gasteiger partial charge is 0.354 e. The summed E-state index contributed by atoms with van der Waals surface area (Å²) < 4.78 is 0. The molecule has 4 nitrogen and oxygen atoms in total. The van der Waals surface area contributed by atoms with Gasteiger partial charge in [0.1, 0.15) is 0 Å². The first-order chi connectivity index (χ1) is 9.62. The molecule has 0 unspecified atom stereocenters. The minimum Gasteiger partial charge on any atom is -0.354 e. The average Bonchev–Trinajstić information content (AvgIpc) is 2.46. The molecule has 0 radical (unpaired) electrons. The first-order valence-electron chi connectivity index (χ1n) is 7.44. The normalized spacial score (nSPS) is 17.9. The average molecular weight is 275 g/mol. The maximum atomic E-state index is 11.9. The van der Waals surface area contributed by atoms with Crippen LogP contribution in [0.5, 0.6) is 0 Å². The quantitative estimate of drug-likeness (QED) is 0.893. The zero-order valence-electron chi connectivity index (χ0n) is 12.6. The Labute approximate surface area is 121 Å². The van der Waals surface area contributed by atoms with Crippen molar-refractivity contribution in [2.45, 2.75) is 37.5 Å². The summed E-state index contributed by atoms with van der Waals surface area (Å²) in [7, 11) is 3.83. The number of nitrogens with one attached hydrogen (secondary N) is 1. The molecular formula is C16H25N3O. The fraction of sp³-hybridized carbons (Fsp3) is 0.625. The summed E-state index contributed by atoms with van der Waals surface area (Å²) in [5.41, 5.74) is 1.42. The van der Waals surface area contributed by atoms with Crippen molar-refractivity contribution in [3.8, 4) is 0 Å². The molecule has 0 saturated heterocycles. The van der Waals surface area contributed by atoms with E-state index < -0.39 is 0 Å². The van der Waals surface area contributed by atoms with Gasteiger partial charge < -0.3 is 10.2 Å². The number of pyridine rings is 1. The molecule has 1 aliphatic carbocycles. The fourth-order valence-electron chi connectivity index (χ4n) is 3.11. The van der Waals surface area contributed by atoms with E-state index in [-0.39, 0.29) is 11.3 Å². The maximum absolute atomic E-state index is 11.9. The van der Waals surface area contributed by atoms with Crippen LogP contribution in [-0.4, -0.2) is 43.0 Å². The Hall–Kier alpha value is -1.42. The van der Waals surface area contributed by atoms with Gasteiger partial charge in [-0.25, -0.2) is 0 Å². The molecule has 0 spiro atoms. The lowest BCUT2D eigenvalue weighted by Gasteiger charge is -2.38. The molecule has 1 heterocycles. The Morgan fingerprint density at radius 3 is 2.50 bits per heavy atom. The van der Waals surface area contributed by atoms with Crippen LogP contribution in [0.1, 0.15) is 37.7 Å². The number of hydrogen-bond acceptors (Lipinski definition) is 3. The molecule has 2 rings (SSSR count). The van der Waals surface area contributed by atoms with Gasteiger partial charge in [-0.15, -0.1) is 0 Å². The van der Waals surface area contributed by atoms with E-state index >= 15 is 0 Å². The number of nitrogens with zero attached hydrogens (tertiary/aromatic N) is 2. The monoisotopic (exact) mass is 275 g/mol. The Morgan fingerprint density at radius 1 is 1.25 bits per heavy atom. The fourth-order valence-corrected chi connectivity index (χ4v) is 3.11. The molecule has 1 N–H and O–H groups in total. The summed E-state index contributed by atoms with van der Waals surface area (Å²) in [6, 6.07) is 4.20. The number of aromatic nitrogens is 1. The van der Waals surface area contributed by atoms with E-state index in [1.54, 1.807) is 0 Å². The number of rotatable bonds is 5. The van der Waals surface area contributed by atoms with Crippen LogP contribution < -0.4 is 5.32 Å². The van der Waals surface area contributed by atoms with Gasteiger partial charge in [0, 0.05) is 24.4 Å². The number of likely N-dealkylation sites (N-methyl/N-ethyl adjacent to an activating group) is 1. The highest BCUT2D eigenvalue weighted by Gasteiger charge is 2.34. The topological polar surface area (TPSA) is 45.2 Å². The third kappa shape index (κ3) is 3.79. The van der Waals surface area contributed by atoms with E-state index in [1.807, 2.05) is 31.4 Å². The molecule has 1 aromatic heterocycles. The van der Waals surface area contributed by atoms with Crippen molar-refractivity contribution in [2.24, 2.45) is 0 Å². The molecule has 0 aliphatic heterocycles. The second-order valence-electron chi connectivity index (χ2n) is 6.09. The molecule has 4 heteroatoms. The van der Waals surface area contributed by atoms with Crippen molar-refractivity contribution in [2.75, 3.05) is 27.2 Å². The Bertz CT molecular complexity index is 425. The molecular weight excluding hydrogens is 250 g/mol. The predicted molar refractivity (Wildman–Crippen MR) is 80.6 cm³/mol. The highest BCUT2D eigenvalue weighted by molar-refractivity contribution is 5.78. The van der Waals surface area contributed by atoms with Gasteiger partial charge in [0.25, 0.3) is 0 Å². The number of carbonyl (C=O) groups is 1. The van der Waals surface area contributed by atoms with Gasteiger partial charge in [-0.05, 0) is 44.6 Å². The van der Waals surface area contributed by atoms with Crippen molar-refractivity contribution in [3.63, 3.8) is 0 Å². The SMILES string of the molecule is CN(C)CC(=O)NCC1(c2ccncc2)CCCCC1. The van der Waals surface area contributed by atoms with E-state index in [2.05, 4.69) is 22.4 Å². The van der Waals surface area contributed by atoms with E-state index in [1.165, 1.54) is 24.8 Å². The summed E-state index contributed by atoms with van der Waals surface area (Å²) in [6.07, 6.45) is 9.80. The second-order valence-corrected chi connectivity index (χ2v) is 6.09. The Kier molecular flexibility index (Phi) is 5.12. The zero-order valence-corrected chi connectivity index (χ0v) is 12.6. The number of hydrogen-bond donors (Lipinski definition) is 1. The molecule has 1 saturated carbocycles. The Balaban J connectivity index is 2.06. The van der Waals surface area contributed by atoms with Crippen molar-refractivity contribution in [1.29, 1.82) is 0 Å². The van der Waals surface area contributed by atoms with Crippen LogP contribution in [0.4, 0.5) is 0 Å². The third-order valence-corrected chi connectivity index (χ3v) is 4.19. The van der Waals surface area contributed by atoms with Gasteiger partial charge in [-0.3, -0.25) is 9.78 Å². The minimum atomic E-state index is 0.100. The van der Waals surface area contributed by atoms with Crippen LogP contribution in [0.3, 0.4) is 0 Å². The van der Waals surface area contributed by atoms with Gasteiger partial charge in [0.15, 0.2) is 0 Å². The van der Waals surface area contributed by atoms with Crippen molar-refractivity contribution < 1.29 is 4.79 Å². The standard InChI is InChI=1S/C16H25N3O/c1-19(2)12-15(20)18-13-16(8-4-3-5-9-16)14-6-10-17-11-7-14/h6-7,10-11H,3-5,8-9,12-13H2,1-2H3,(H,18,20). The highest BCUT2D eigenvalue weighted by Crippen LogP contribution is 2.38. The van der Waals surface area contributed by atoms with Gasteiger partial charge in [-0.1, -0.05) is 19.3 Å². The van der Waals surface area contributed by atoms with Gasteiger partial charge in [-0.2, -0.15) is 0 Å².